The zero-order valence-corrected chi connectivity index (χ0v) is 5.23. The first-order chi connectivity index (χ1) is 3.27. The Kier molecular flexibility index (Phi) is 3.39. The standard InChI is InChI=1S/C7H12/c1-4-5-6-7(2)3/h4-6H,1-3H3/b5-4-. The van der Waals surface area contributed by atoms with Gasteiger partial charge in [0.15, 0.2) is 0 Å². The smallest absolute Gasteiger partial charge is 0.0439 e. The van der Waals surface area contributed by atoms with E-state index in [0.717, 1.165) is 0 Å². The Morgan fingerprint density at radius 1 is 1.29 bits per heavy atom. The molecule has 0 aromatic heterocycles. The van der Waals surface area contributed by atoms with Crippen LogP contribution in [-0.2, 0) is 0 Å². The van der Waals surface area contributed by atoms with Crippen LogP contribution in [0.3, 0.4) is 0 Å². The number of rotatable bonds is 1. The van der Waals surface area contributed by atoms with Crippen molar-refractivity contribution >= 4 is 0 Å². The zero-order valence-electron chi connectivity index (χ0n) is 5.23. The largest absolute Gasteiger partial charge is 0.0877 e. The molecule has 0 spiro atoms. The zero-order chi connectivity index (χ0) is 5.70. The molecule has 0 aromatic rings. The minimum atomic E-state index is 1.35. The molecule has 7 heavy (non-hydrogen) atoms. The van der Waals surface area contributed by atoms with Crippen LogP contribution in [0.1, 0.15) is 20.8 Å². The number of hydrogen-bond acceptors (Lipinski definition) is 0. The summed E-state index contributed by atoms with van der Waals surface area (Å²) in [7, 11) is 0. The van der Waals surface area contributed by atoms with Crippen LogP contribution in [-0.4, -0.2) is 0 Å². The van der Waals surface area contributed by atoms with Gasteiger partial charge in [0.1, 0.15) is 0 Å². The normalized spacial score (nSPS) is 9.57. The summed E-state index contributed by atoms with van der Waals surface area (Å²) in [5.74, 6) is 0. The molecule has 0 bridgehead atoms. The summed E-state index contributed by atoms with van der Waals surface area (Å²) in [5.41, 5.74) is 1.35. The number of allylic oxidation sites excluding steroid dienone is 4. The third kappa shape index (κ3) is 5.48. The highest BCUT2D eigenvalue weighted by Gasteiger charge is 1.65. The Labute approximate surface area is 45.5 Å². The quantitative estimate of drug-likeness (QED) is 0.440. The lowest BCUT2D eigenvalue weighted by Crippen LogP contribution is -1.56. The van der Waals surface area contributed by atoms with E-state index in [4.69, 9.17) is 0 Å². The monoisotopic (exact) mass is 96.1 g/mol. The van der Waals surface area contributed by atoms with Crippen LogP contribution < -0.4 is 0 Å². The molecule has 0 unspecified atom stereocenters. The van der Waals surface area contributed by atoms with Gasteiger partial charge in [-0.2, -0.15) is 0 Å². The third-order valence-electron chi connectivity index (χ3n) is 0.622. The van der Waals surface area contributed by atoms with Crippen molar-refractivity contribution in [2.24, 2.45) is 0 Å². The van der Waals surface area contributed by atoms with Gasteiger partial charge >= 0.3 is 0 Å². The molecular formula is C7H12. The molecule has 0 rings (SSSR count). The minimum Gasteiger partial charge on any atom is -0.0877 e. The van der Waals surface area contributed by atoms with Gasteiger partial charge in [-0.1, -0.05) is 23.8 Å². The van der Waals surface area contributed by atoms with E-state index in [0.29, 0.717) is 0 Å². The van der Waals surface area contributed by atoms with Crippen LogP contribution in [0.25, 0.3) is 0 Å². The third-order valence-corrected chi connectivity index (χ3v) is 0.622. The van der Waals surface area contributed by atoms with Crippen LogP contribution >= 0.6 is 0 Å². The molecule has 0 fully saturated rings. The predicted molar refractivity (Wildman–Crippen MR) is 34.2 cm³/mol. The number of hydrogen-bond donors (Lipinski definition) is 0. The highest BCUT2D eigenvalue weighted by Crippen LogP contribution is 1.87. The highest BCUT2D eigenvalue weighted by atomic mass is 13.7. The van der Waals surface area contributed by atoms with Crippen LogP contribution in [0.5, 0.6) is 0 Å². The Morgan fingerprint density at radius 2 is 1.86 bits per heavy atom. The molecule has 0 aromatic carbocycles. The first kappa shape index (κ1) is 6.48. The summed E-state index contributed by atoms with van der Waals surface area (Å²) in [4.78, 5) is 0. The van der Waals surface area contributed by atoms with Crippen molar-refractivity contribution in [2.45, 2.75) is 20.8 Å². The maximum atomic E-state index is 2.08. The summed E-state index contributed by atoms with van der Waals surface area (Å²) in [6, 6.07) is 0. The Balaban J connectivity index is 3.46. The first-order valence-corrected chi connectivity index (χ1v) is 2.53. The molecule has 0 saturated carbocycles. The van der Waals surface area contributed by atoms with Crippen molar-refractivity contribution in [1.82, 2.24) is 0 Å². The molecule has 0 amide bonds. The van der Waals surface area contributed by atoms with E-state index < -0.39 is 0 Å². The molecule has 0 saturated heterocycles. The van der Waals surface area contributed by atoms with E-state index >= 15 is 0 Å². The molecule has 0 N–H and O–H groups in total. The van der Waals surface area contributed by atoms with Crippen LogP contribution in [0.15, 0.2) is 23.8 Å². The van der Waals surface area contributed by atoms with Gasteiger partial charge in [0.25, 0.3) is 0 Å². The van der Waals surface area contributed by atoms with Crippen LogP contribution in [0, 0.1) is 0 Å². The second kappa shape index (κ2) is 3.66. The molecule has 0 heteroatoms. The molecule has 0 aliphatic rings. The fraction of sp³-hybridized carbons (Fsp3) is 0.429. The lowest BCUT2D eigenvalue weighted by atomic mass is 10.3. The first-order valence-electron chi connectivity index (χ1n) is 2.53. The average molecular weight is 96.2 g/mol. The van der Waals surface area contributed by atoms with E-state index in [-0.39, 0.29) is 0 Å². The maximum Gasteiger partial charge on any atom is -0.0439 e. The van der Waals surface area contributed by atoms with Gasteiger partial charge in [-0.3, -0.25) is 0 Å². The summed E-state index contributed by atoms with van der Waals surface area (Å²) >= 11 is 0. The Hall–Kier alpha value is -0.520. The van der Waals surface area contributed by atoms with Crippen molar-refractivity contribution in [1.29, 1.82) is 0 Å². The SMILES string of the molecule is C/C=C\C=C(C)C. The van der Waals surface area contributed by atoms with E-state index in [9.17, 15) is 0 Å². The maximum absolute atomic E-state index is 2.08. The van der Waals surface area contributed by atoms with Gasteiger partial charge in [-0.05, 0) is 20.8 Å². The molecule has 0 nitrogen and oxygen atoms in total. The molecule has 0 atom stereocenters. The summed E-state index contributed by atoms with van der Waals surface area (Å²) in [5, 5.41) is 0. The fourth-order valence-corrected chi connectivity index (χ4v) is 0.289. The van der Waals surface area contributed by atoms with E-state index in [1.54, 1.807) is 0 Å². The second-order valence-electron chi connectivity index (χ2n) is 1.77. The van der Waals surface area contributed by atoms with Gasteiger partial charge in [0.2, 0.25) is 0 Å². The van der Waals surface area contributed by atoms with Crippen molar-refractivity contribution in [2.75, 3.05) is 0 Å². The summed E-state index contributed by atoms with van der Waals surface area (Å²) < 4.78 is 0. The predicted octanol–water partition coefficient (Wildman–Crippen LogP) is 2.53. The highest BCUT2D eigenvalue weighted by molar-refractivity contribution is 5.06. The second-order valence-corrected chi connectivity index (χ2v) is 1.77. The summed E-state index contributed by atoms with van der Waals surface area (Å²) in [6.07, 6.45) is 6.14. The molecule has 40 valence electrons. The molecule has 0 aliphatic heterocycles. The van der Waals surface area contributed by atoms with Crippen molar-refractivity contribution in [3.05, 3.63) is 23.8 Å². The van der Waals surface area contributed by atoms with Crippen LogP contribution in [0.2, 0.25) is 0 Å². The topological polar surface area (TPSA) is 0 Å². The van der Waals surface area contributed by atoms with Crippen molar-refractivity contribution in [3.63, 3.8) is 0 Å². The van der Waals surface area contributed by atoms with Gasteiger partial charge in [0, 0.05) is 0 Å². The average Bonchev–Trinajstić information content (AvgIpc) is 1.61. The molecule has 0 radical (unpaired) electrons. The van der Waals surface area contributed by atoms with Crippen LogP contribution in [0.4, 0.5) is 0 Å². The van der Waals surface area contributed by atoms with E-state index in [2.05, 4.69) is 19.9 Å². The van der Waals surface area contributed by atoms with Crippen molar-refractivity contribution < 1.29 is 0 Å². The summed E-state index contributed by atoms with van der Waals surface area (Å²) in [6.45, 7) is 6.18. The molecule has 0 heterocycles. The lowest BCUT2D eigenvalue weighted by molar-refractivity contribution is 1.39. The van der Waals surface area contributed by atoms with Crippen molar-refractivity contribution in [3.8, 4) is 0 Å². The Bertz CT molecular complexity index is 82.2. The molecule has 0 aliphatic carbocycles. The van der Waals surface area contributed by atoms with Gasteiger partial charge in [-0.15, -0.1) is 0 Å². The van der Waals surface area contributed by atoms with Gasteiger partial charge in [0.05, 0.1) is 0 Å². The Morgan fingerprint density at radius 3 is 2.00 bits per heavy atom. The lowest BCUT2D eigenvalue weighted by Gasteiger charge is -1.77. The van der Waals surface area contributed by atoms with Gasteiger partial charge < -0.3 is 0 Å². The molecular weight excluding hydrogens is 84.1 g/mol. The van der Waals surface area contributed by atoms with E-state index in [1.807, 2.05) is 19.1 Å². The minimum absolute atomic E-state index is 1.35. The van der Waals surface area contributed by atoms with E-state index in [1.165, 1.54) is 5.57 Å². The van der Waals surface area contributed by atoms with Gasteiger partial charge in [-0.25, -0.2) is 0 Å². The fourth-order valence-electron chi connectivity index (χ4n) is 0.289.